The van der Waals surface area contributed by atoms with Crippen LogP contribution in [0.1, 0.15) is 16.1 Å². The Balaban J connectivity index is 2.30. The van der Waals surface area contributed by atoms with E-state index in [0.717, 1.165) is 4.90 Å². The minimum atomic E-state index is -0.365. The number of aromatic nitrogens is 1. The fourth-order valence-corrected chi connectivity index (χ4v) is 1.82. The summed E-state index contributed by atoms with van der Waals surface area (Å²) >= 11 is 5.75. The van der Waals surface area contributed by atoms with E-state index in [1.807, 2.05) is 0 Å². The van der Waals surface area contributed by atoms with Gasteiger partial charge in [0.05, 0.1) is 0 Å². The molecular formula is C10H10ClN3O2. The molecule has 5 nitrogen and oxygen atoms in total. The largest absolute Gasteiger partial charge is 0.336 e. The van der Waals surface area contributed by atoms with Crippen LogP contribution in [-0.2, 0) is 0 Å². The first kappa shape index (κ1) is 10.9. The Kier molecular flexibility index (Phi) is 2.78. The van der Waals surface area contributed by atoms with Gasteiger partial charge < -0.3 is 5.32 Å². The molecule has 1 saturated heterocycles. The number of rotatable bonds is 1. The minimum absolute atomic E-state index is 0.253. The van der Waals surface area contributed by atoms with Crippen LogP contribution >= 0.6 is 11.6 Å². The summed E-state index contributed by atoms with van der Waals surface area (Å²) < 4.78 is 0. The lowest BCUT2D eigenvalue weighted by atomic mass is 10.2. The highest BCUT2D eigenvalue weighted by molar-refractivity contribution is 6.29. The minimum Gasteiger partial charge on any atom is -0.336 e. The summed E-state index contributed by atoms with van der Waals surface area (Å²) in [5, 5.41) is 2.82. The summed E-state index contributed by atoms with van der Waals surface area (Å²) in [5.41, 5.74) is 1.03. The van der Waals surface area contributed by atoms with Crippen LogP contribution in [0.2, 0.25) is 5.15 Å². The number of aryl methyl sites for hydroxylation is 1. The van der Waals surface area contributed by atoms with Gasteiger partial charge in [-0.15, -0.1) is 0 Å². The number of pyridine rings is 1. The number of halogens is 1. The van der Waals surface area contributed by atoms with E-state index in [9.17, 15) is 9.59 Å². The molecule has 0 unspecified atom stereocenters. The second kappa shape index (κ2) is 4.09. The Bertz CT molecular complexity index is 441. The molecule has 1 aliphatic heterocycles. The van der Waals surface area contributed by atoms with Crippen LogP contribution in [0.3, 0.4) is 0 Å². The molecule has 1 fully saturated rings. The molecule has 1 aliphatic rings. The number of amides is 3. The molecule has 0 bridgehead atoms. The summed E-state index contributed by atoms with van der Waals surface area (Å²) in [6, 6.07) is 2.71. The summed E-state index contributed by atoms with van der Waals surface area (Å²) in [6.07, 6.45) is 0. The summed E-state index contributed by atoms with van der Waals surface area (Å²) in [7, 11) is 0. The van der Waals surface area contributed by atoms with E-state index >= 15 is 0 Å². The second-order valence-corrected chi connectivity index (χ2v) is 3.90. The topological polar surface area (TPSA) is 62.3 Å². The molecule has 3 amide bonds. The van der Waals surface area contributed by atoms with Gasteiger partial charge in [-0.2, -0.15) is 0 Å². The van der Waals surface area contributed by atoms with Gasteiger partial charge in [-0.3, -0.25) is 9.69 Å². The zero-order valence-corrected chi connectivity index (χ0v) is 9.41. The quantitative estimate of drug-likeness (QED) is 0.750. The van der Waals surface area contributed by atoms with Crippen molar-refractivity contribution >= 4 is 23.5 Å². The number of carbonyl (C=O) groups excluding carboxylic acids is 2. The molecule has 0 aromatic carbocycles. The molecular weight excluding hydrogens is 230 g/mol. The maximum atomic E-state index is 11.9. The number of nitrogens with one attached hydrogen (secondary N) is 1. The van der Waals surface area contributed by atoms with Crippen molar-refractivity contribution in [3.63, 3.8) is 0 Å². The Morgan fingerprint density at radius 2 is 2.31 bits per heavy atom. The van der Waals surface area contributed by atoms with E-state index in [1.165, 1.54) is 6.07 Å². The number of carbonyl (C=O) groups is 2. The van der Waals surface area contributed by atoms with Crippen molar-refractivity contribution in [2.24, 2.45) is 0 Å². The van der Waals surface area contributed by atoms with Crippen LogP contribution in [0.15, 0.2) is 12.1 Å². The van der Waals surface area contributed by atoms with Gasteiger partial charge in [0.15, 0.2) is 0 Å². The van der Waals surface area contributed by atoms with E-state index in [2.05, 4.69) is 10.3 Å². The molecule has 16 heavy (non-hydrogen) atoms. The monoisotopic (exact) mass is 239 g/mol. The zero-order valence-electron chi connectivity index (χ0n) is 8.66. The van der Waals surface area contributed by atoms with Crippen LogP contribution in [0, 0.1) is 6.92 Å². The lowest BCUT2D eigenvalue weighted by Crippen LogP contribution is -2.34. The molecule has 0 saturated carbocycles. The maximum Gasteiger partial charge on any atom is 0.324 e. The predicted molar refractivity (Wildman–Crippen MR) is 58.4 cm³/mol. The fourth-order valence-electron chi connectivity index (χ4n) is 1.57. The van der Waals surface area contributed by atoms with E-state index in [1.54, 1.807) is 13.0 Å². The van der Waals surface area contributed by atoms with Crippen LogP contribution < -0.4 is 5.32 Å². The highest BCUT2D eigenvalue weighted by Crippen LogP contribution is 2.13. The molecule has 0 atom stereocenters. The average Bonchev–Trinajstić information content (AvgIpc) is 2.62. The van der Waals surface area contributed by atoms with E-state index in [-0.39, 0.29) is 17.1 Å². The Labute approximate surface area is 97.4 Å². The van der Waals surface area contributed by atoms with Gasteiger partial charge in [0, 0.05) is 24.3 Å². The Morgan fingerprint density at radius 1 is 1.56 bits per heavy atom. The molecule has 0 spiro atoms. The third kappa shape index (κ3) is 1.99. The standard InChI is InChI=1S/C10H10ClN3O2/c1-6-4-7(5-8(11)13-6)9(15)14-3-2-12-10(14)16/h4-5H,2-3H2,1H3,(H,12,16). The van der Waals surface area contributed by atoms with Gasteiger partial charge in [-0.1, -0.05) is 11.6 Å². The second-order valence-electron chi connectivity index (χ2n) is 3.51. The first-order valence-corrected chi connectivity index (χ1v) is 5.19. The summed E-state index contributed by atoms with van der Waals surface area (Å²) in [5.74, 6) is -0.345. The van der Waals surface area contributed by atoms with Crippen molar-refractivity contribution in [3.8, 4) is 0 Å². The van der Waals surface area contributed by atoms with Gasteiger partial charge in [-0.25, -0.2) is 9.78 Å². The maximum absolute atomic E-state index is 11.9. The van der Waals surface area contributed by atoms with Crippen molar-refractivity contribution in [1.82, 2.24) is 15.2 Å². The Morgan fingerprint density at radius 3 is 2.88 bits per heavy atom. The fraction of sp³-hybridized carbons (Fsp3) is 0.300. The highest BCUT2D eigenvalue weighted by atomic mass is 35.5. The Hall–Kier alpha value is -1.62. The van der Waals surface area contributed by atoms with Gasteiger partial charge in [0.2, 0.25) is 0 Å². The predicted octanol–water partition coefficient (Wildman–Crippen LogP) is 1.21. The third-order valence-electron chi connectivity index (χ3n) is 2.27. The number of nitrogens with zero attached hydrogens (tertiary/aromatic N) is 2. The van der Waals surface area contributed by atoms with Crippen molar-refractivity contribution in [2.75, 3.05) is 13.1 Å². The van der Waals surface area contributed by atoms with E-state index in [4.69, 9.17) is 11.6 Å². The molecule has 1 aromatic heterocycles. The van der Waals surface area contributed by atoms with Crippen molar-refractivity contribution in [2.45, 2.75) is 6.92 Å². The van der Waals surface area contributed by atoms with E-state index in [0.29, 0.717) is 24.3 Å². The lowest BCUT2D eigenvalue weighted by Gasteiger charge is -2.12. The van der Waals surface area contributed by atoms with Crippen molar-refractivity contribution < 1.29 is 9.59 Å². The van der Waals surface area contributed by atoms with Crippen molar-refractivity contribution in [3.05, 3.63) is 28.5 Å². The first-order valence-electron chi connectivity index (χ1n) is 4.82. The van der Waals surface area contributed by atoms with Crippen LogP contribution in [0.25, 0.3) is 0 Å². The van der Waals surface area contributed by atoms with Crippen LogP contribution in [0.4, 0.5) is 4.79 Å². The number of hydrogen-bond acceptors (Lipinski definition) is 3. The molecule has 0 aliphatic carbocycles. The molecule has 1 N–H and O–H groups in total. The SMILES string of the molecule is Cc1cc(C(=O)N2CCNC2=O)cc(Cl)n1. The smallest absolute Gasteiger partial charge is 0.324 e. The number of imide groups is 1. The molecule has 1 aromatic rings. The lowest BCUT2D eigenvalue weighted by molar-refractivity contribution is 0.0829. The zero-order chi connectivity index (χ0) is 11.7. The first-order chi connectivity index (χ1) is 7.58. The molecule has 0 radical (unpaired) electrons. The average molecular weight is 240 g/mol. The number of hydrogen-bond donors (Lipinski definition) is 1. The molecule has 84 valence electrons. The van der Waals surface area contributed by atoms with Gasteiger partial charge in [0.25, 0.3) is 5.91 Å². The summed E-state index contributed by atoms with van der Waals surface area (Å²) in [6.45, 7) is 2.62. The third-order valence-corrected chi connectivity index (χ3v) is 2.46. The normalized spacial score (nSPS) is 15.1. The van der Waals surface area contributed by atoms with Gasteiger partial charge in [-0.05, 0) is 19.1 Å². The molecule has 2 heterocycles. The summed E-state index contributed by atoms with van der Waals surface area (Å²) in [4.78, 5) is 28.4. The molecule has 6 heteroatoms. The van der Waals surface area contributed by atoms with Gasteiger partial charge in [0.1, 0.15) is 5.15 Å². The van der Waals surface area contributed by atoms with Crippen molar-refractivity contribution in [1.29, 1.82) is 0 Å². The highest BCUT2D eigenvalue weighted by Gasteiger charge is 2.27. The van der Waals surface area contributed by atoms with Gasteiger partial charge >= 0.3 is 6.03 Å². The van der Waals surface area contributed by atoms with Crippen LogP contribution in [0.5, 0.6) is 0 Å². The van der Waals surface area contributed by atoms with Crippen LogP contribution in [-0.4, -0.2) is 34.9 Å². The van der Waals surface area contributed by atoms with E-state index < -0.39 is 0 Å². The molecule has 2 rings (SSSR count). The number of urea groups is 1.